The van der Waals surface area contributed by atoms with E-state index in [2.05, 4.69) is 325 Å². The van der Waals surface area contributed by atoms with Crippen molar-refractivity contribution in [3.8, 4) is 44.5 Å². The van der Waals surface area contributed by atoms with Crippen LogP contribution in [0, 0.1) is 0 Å². The highest BCUT2D eigenvalue weighted by atomic mass is 15.1. The summed E-state index contributed by atoms with van der Waals surface area (Å²) in [5, 5.41) is 14.8. The molecule has 0 spiro atoms. The van der Waals surface area contributed by atoms with Gasteiger partial charge in [-0.05, 0) is 171 Å². The van der Waals surface area contributed by atoms with Gasteiger partial charge in [-0.15, -0.1) is 0 Å². The van der Waals surface area contributed by atoms with Crippen molar-refractivity contribution in [2.45, 2.75) is 0 Å². The second-order valence-electron chi connectivity index (χ2n) is 20.8. The Hall–Kier alpha value is -10.5. The third kappa shape index (κ3) is 8.13. The van der Waals surface area contributed by atoms with Gasteiger partial charge in [0.1, 0.15) is 0 Å². The Kier molecular flexibility index (Phi) is 11.6. The molecule has 0 saturated carbocycles. The van der Waals surface area contributed by atoms with Crippen molar-refractivity contribution >= 4 is 98.8 Å². The maximum atomic E-state index is 2.48. The van der Waals surface area contributed by atoms with Gasteiger partial charge in [0.2, 0.25) is 0 Å². The molecular formula is C78H52N2. The molecule has 2 heteroatoms. The first-order valence-corrected chi connectivity index (χ1v) is 27.6. The largest absolute Gasteiger partial charge is 0.310 e. The first kappa shape index (κ1) is 46.7. The molecule has 0 aliphatic rings. The Labute approximate surface area is 465 Å². The van der Waals surface area contributed by atoms with Crippen LogP contribution in [0.5, 0.6) is 0 Å². The highest BCUT2D eigenvalue weighted by Crippen LogP contribution is 2.48. The zero-order chi connectivity index (χ0) is 52.9. The van der Waals surface area contributed by atoms with E-state index in [-0.39, 0.29) is 0 Å². The van der Waals surface area contributed by atoms with Gasteiger partial charge < -0.3 is 9.80 Å². The molecule has 15 aromatic carbocycles. The van der Waals surface area contributed by atoms with Crippen molar-refractivity contribution in [2.24, 2.45) is 0 Å². The fraction of sp³-hybridized carbons (Fsp3) is 0. The summed E-state index contributed by atoms with van der Waals surface area (Å²) in [5.74, 6) is 0. The van der Waals surface area contributed by atoms with Gasteiger partial charge in [-0.1, -0.05) is 243 Å². The molecule has 0 atom stereocenters. The maximum Gasteiger partial charge on any atom is 0.0540 e. The molecule has 0 aliphatic carbocycles. The van der Waals surface area contributed by atoms with Crippen molar-refractivity contribution in [1.82, 2.24) is 0 Å². The van der Waals surface area contributed by atoms with Crippen LogP contribution in [0.15, 0.2) is 315 Å². The van der Waals surface area contributed by atoms with Gasteiger partial charge in [0.05, 0.1) is 11.4 Å². The SMILES string of the molecule is c1ccc(-c2ccc(N(c3ccc4c(c3)c3ccccc3c3cc5c6ccc(N(c7ccc(-c8ccccc8)cc7)c7ccccc7-c7ccccc7)cc6c6ccccc6c5cc43)c3ccccc3-c3ccccc3)cc2)cc1. The lowest BCUT2D eigenvalue weighted by molar-refractivity contribution is 1.29. The van der Waals surface area contributed by atoms with Crippen LogP contribution in [0.1, 0.15) is 0 Å². The lowest BCUT2D eigenvalue weighted by Gasteiger charge is -2.29. The number of anilines is 6. The second kappa shape index (κ2) is 19.8. The van der Waals surface area contributed by atoms with Crippen LogP contribution in [-0.4, -0.2) is 0 Å². The molecular weight excluding hydrogens is 965 g/mol. The lowest BCUT2D eigenvalue weighted by atomic mass is 9.88. The van der Waals surface area contributed by atoms with Crippen LogP contribution in [0.25, 0.3) is 109 Å². The minimum atomic E-state index is 1.09. The lowest BCUT2D eigenvalue weighted by Crippen LogP contribution is -2.11. The molecule has 15 rings (SSSR count). The molecule has 0 N–H and O–H groups in total. The van der Waals surface area contributed by atoms with Crippen molar-refractivity contribution in [3.05, 3.63) is 315 Å². The fourth-order valence-electron chi connectivity index (χ4n) is 12.4. The van der Waals surface area contributed by atoms with E-state index < -0.39 is 0 Å². The molecule has 80 heavy (non-hydrogen) atoms. The number of fused-ring (bicyclic) bond motifs is 12. The van der Waals surface area contributed by atoms with E-state index in [0.717, 1.165) is 34.1 Å². The summed E-state index contributed by atoms with van der Waals surface area (Å²) in [6.45, 7) is 0. The summed E-state index contributed by atoms with van der Waals surface area (Å²) in [5.41, 5.74) is 16.1. The molecule has 374 valence electrons. The summed E-state index contributed by atoms with van der Waals surface area (Å²) in [6, 6.07) is 116. The van der Waals surface area contributed by atoms with E-state index in [9.17, 15) is 0 Å². The molecule has 15 aromatic rings. The Morgan fingerprint density at radius 1 is 0.150 bits per heavy atom. The third-order valence-electron chi connectivity index (χ3n) is 16.2. The first-order valence-electron chi connectivity index (χ1n) is 27.6. The van der Waals surface area contributed by atoms with Gasteiger partial charge in [0, 0.05) is 33.9 Å². The number of para-hydroxylation sites is 2. The number of hydrogen-bond donors (Lipinski definition) is 0. The zero-order valence-electron chi connectivity index (χ0n) is 43.9. The van der Waals surface area contributed by atoms with Gasteiger partial charge >= 0.3 is 0 Å². The predicted octanol–water partition coefficient (Wildman–Crippen LogP) is 22.2. The van der Waals surface area contributed by atoms with Crippen molar-refractivity contribution in [2.75, 3.05) is 9.80 Å². The van der Waals surface area contributed by atoms with E-state index >= 15 is 0 Å². The molecule has 0 aliphatic heterocycles. The third-order valence-corrected chi connectivity index (χ3v) is 16.2. The second-order valence-corrected chi connectivity index (χ2v) is 20.8. The highest BCUT2D eigenvalue weighted by molar-refractivity contribution is 6.33. The summed E-state index contributed by atoms with van der Waals surface area (Å²) in [7, 11) is 0. The predicted molar refractivity (Wildman–Crippen MR) is 343 cm³/mol. The Balaban J connectivity index is 0.925. The average Bonchev–Trinajstić information content (AvgIpc) is 3.64. The summed E-state index contributed by atoms with van der Waals surface area (Å²) in [6.07, 6.45) is 0. The Morgan fingerprint density at radius 3 is 0.750 bits per heavy atom. The van der Waals surface area contributed by atoms with Gasteiger partial charge in [0.15, 0.2) is 0 Å². The van der Waals surface area contributed by atoms with Crippen LogP contribution >= 0.6 is 0 Å². The van der Waals surface area contributed by atoms with Crippen LogP contribution in [0.4, 0.5) is 34.1 Å². The highest BCUT2D eigenvalue weighted by Gasteiger charge is 2.22. The van der Waals surface area contributed by atoms with Crippen molar-refractivity contribution in [3.63, 3.8) is 0 Å². The van der Waals surface area contributed by atoms with E-state index in [1.165, 1.54) is 109 Å². The zero-order valence-corrected chi connectivity index (χ0v) is 43.9. The molecule has 0 aromatic heterocycles. The van der Waals surface area contributed by atoms with E-state index in [4.69, 9.17) is 0 Å². The van der Waals surface area contributed by atoms with Gasteiger partial charge in [-0.2, -0.15) is 0 Å². The fourth-order valence-corrected chi connectivity index (χ4v) is 12.4. The van der Waals surface area contributed by atoms with Gasteiger partial charge in [-0.25, -0.2) is 0 Å². The number of rotatable bonds is 10. The van der Waals surface area contributed by atoms with Crippen molar-refractivity contribution in [1.29, 1.82) is 0 Å². The van der Waals surface area contributed by atoms with E-state index in [1.807, 2.05) is 0 Å². The normalized spacial score (nSPS) is 11.5. The van der Waals surface area contributed by atoms with Gasteiger partial charge in [0.25, 0.3) is 0 Å². The molecule has 0 heterocycles. The van der Waals surface area contributed by atoms with Gasteiger partial charge in [-0.3, -0.25) is 0 Å². The number of hydrogen-bond acceptors (Lipinski definition) is 2. The quantitative estimate of drug-likeness (QED) is 0.0995. The number of nitrogens with zero attached hydrogens (tertiary/aromatic N) is 2. The van der Waals surface area contributed by atoms with Crippen LogP contribution in [0.2, 0.25) is 0 Å². The maximum absolute atomic E-state index is 2.48. The Bertz CT molecular complexity index is 4480. The number of benzene rings is 15. The van der Waals surface area contributed by atoms with E-state index in [1.54, 1.807) is 0 Å². The summed E-state index contributed by atoms with van der Waals surface area (Å²) < 4.78 is 0. The molecule has 0 saturated heterocycles. The smallest absolute Gasteiger partial charge is 0.0540 e. The minimum Gasteiger partial charge on any atom is -0.310 e. The molecule has 0 amide bonds. The summed E-state index contributed by atoms with van der Waals surface area (Å²) >= 11 is 0. The molecule has 0 fully saturated rings. The summed E-state index contributed by atoms with van der Waals surface area (Å²) in [4.78, 5) is 4.87. The van der Waals surface area contributed by atoms with Crippen LogP contribution in [0.3, 0.4) is 0 Å². The first-order chi connectivity index (χ1) is 39.7. The molecule has 0 radical (unpaired) electrons. The molecule has 2 nitrogen and oxygen atoms in total. The van der Waals surface area contributed by atoms with E-state index in [0.29, 0.717) is 0 Å². The standard InChI is InChI=1S/C78H52N2/c1-5-21-53(22-6-1)55-37-41-59(42-38-55)79(77-35-19-17-29-63(77)57-25-9-3-10-26-57)61-45-47-69-71(49-61)65-31-13-15-33-67(65)73-52-76-70-48-46-62(50-72(70)66-32-14-16-34-68(66)74(76)51-75(69)73)80(60-43-39-56(40-44-60)54-23-7-2-8-24-54)78-36-20-18-30-64(78)58-27-11-4-12-28-58/h1-52H. The monoisotopic (exact) mass is 1020 g/mol. The molecule has 0 unspecified atom stereocenters. The molecule has 0 bridgehead atoms. The van der Waals surface area contributed by atoms with Crippen molar-refractivity contribution < 1.29 is 0 Å². The van der Waals surface area contributed by atoms with Crippen LogP contribution < -0.4 is 9.80 Å². The van der Waals surface area contributed by atoms with Crippen LogP contribution in [-0.2, 0) is 0 Å². The average molecular weight is 1020 g/mol. The Morgan fingerprint density at radius 2 is 0.400 bits per heavy atom. The topological polar surface area (TPSA) is 6.48 Å². The minimum absolute atomic E-state index is 1.09.